The molecule has 0 saturated carbocycles. The molecule has 1 aromatic carbocycles. The van der Waals surface area contributed by atoms with Crippen LogP contribution in [0.2, 0.25) is 5.28 Å². The van der Waals surface area contributed by atoms with Crippen LogP contribution in [0.15, 0.2) is 28.7 Å². The van der Waals surface area contributed by atoms with Crippen LogP contribution in [0.4, 0.5) is 11.5 Å². The zero-order chi connectivity index (χ0) is 13.2. The third-order valence-electron chi connectivity index (χ3n) is 3.01. The molecule has 6 heteroatoms. The summed E-state index contributed by atoms with van der Waals surface area (Å²) in [5, 5.41) is 6.92. The molecule has 4 nitrogen and oxygen atoms in total. The van der Waals surface area contributed by atoms with Gasteiger partial charge >= 0.3 is 0 Å². The predicted molar refractivity (Wildman–Crippen MR) is 79.9 cm³/mol. The number of rotatable bonds is 2. The SMILES string of the molecule is Clc1nc2c(c(Nc3ccc(Br)cc3)n1)CNCC2. The number of halogens is 2. The van der Waals surface area contributed by atoms with Gasteiger partial charge in [0.15, 0.2) is 0 Å². The first-order valence-electron chi connectivity index (χ1n) is 6.01. The summed E-state index contributed by atoms with van der Waals surface area (Å²) >= 11 is 9.40. The van der Waals surface area contributed by atoms with E-state index >= 15 is 0 Å². The number of anilines is 2. The Balaban J connectivity index is 1.95. The van der Waals surface area contributed by atoms with Gasteiger partial charge < -0.3 is 10.6 Å². The molecular formula is C13H12BrClN4. The second-order valence-electron chi connectivity index (χ2n) is 4.33. The molecule has 0 atom stereocenters. The van der Waals surface area contributed by atoms with Crippen molar-refractivity contribution in [3.05, 3.63) is 45.3 Å². The van der Waals surface area contributed by atoms with Gasteiger partial charge in [-0.15, -0.1) is 0 Å². The van der Waals surface area contributed by atoms with E-state index in [9.17, 15) is 0 Å². The van der Waals surface area contributed by atoms with Crippen molar-refractivity contribution in [2.75, 3.05) is 11.9 Å². The normalized spacial score (nSPS) is 14.0. The molecule has 98 valence electrons. The van der Waals surface area contributed by atoms with Crippen LogP contribution in [0.1, 0.15) is 11.3 Å². The fourth-order valence-corrected chi connectivity index (χ4v) is 2.54. The van der Waals surface area contributed by atoms with E-state index in [0.717, 1.165) is 46.7 Å². The van der Waals surface area contributed by atoms with Crippen LogP contribution in [0.3, 0.4) is 0 Å². The van der Waals surface area contributed by atoms with Gasteiger partial charge in [0, 0.05) is 35.2 Å². The first-order chi connectivity index (χ1) is 9.22. The van der Waals surface area contributed by atoms with Gasteiger partial charge in [0.25, 0.3) is 0 Å². The van der Waals surface area contributed by atoms with E-state index in [1.807, 2.05) is 24.3 Å². The number of nitrogens with one attached hydrogen (secondary N) is 2. The molecule has 0 spiro atoms. The van der Waals surface area contributed by atoms with Gasteiger partial charge in [-0.1, -0.05) is 15.9 Å². The molecule has 3 rings (SSSR count). The zero-order valence-corrected chi connectivity index (χ0v) is 12.4. The second-order valence-corrected chi connectivity index (χ2v) is 5.58. The lowest BCUT2D eigenvalue weighted by Gasteiger charge is -2.19. The van der Waals surface area contributed by atoms with Crippen molar-refractivity contribution in [2.24, 2.45) is 0 Å². The Hall–Kier alpha value is -1.17. The molecule has 1 aliphatic rings. The maximum atomic E-state index is 5.98. The van der Waals surface area contributed by atoms with E-state index in [0.29, 0.717) is 5.28 Å². The third kappa shape index (κ3) is 2.88. The van der Waals surface area contributed by atoms with Gasteiger partial charge in [-0.25, -0.2) is 9.97 Å². The number of benzene rings is 1. The smallest absolute Gasteiger partial charge is 0.224 e. The van der Waals surface area contributed by atoms with E-state index in [2.05, 4.69) is 36.5 Å². The molecule has 2 heterocycles. The van der Waals surface area contributed by atoms with E-state index in [4.69, 9.17) is 11.6 Å². The van der Waals surface area contributed by atoms with Crippen LogP contribution in [0, 0.1) is 0 Å². The van der Waals surface area contributed by atoms with Crippen molar-refractivity contribution in [3.63, 3.8) is 0 Å². The van der Waals surface area contributed by atoms with Gasteiger partial charge in [0.05, 0.1) is 5.69 Å². The number of hydrogen-bond donors (Lipinski definition) is 2. The molecule has 1 aromatic heterocycles. The summed E-state index contributed by atoms with van der Waals surface area (Å²) in [6, 6.07) is 7.94. The highest BCUT2D eigenvalue weighted by atomic mass is 79.9. The van der Waals surface area contributed by atoms with Crippen molar-refractivity contribution in [1.29, 1.82) is 0 Å². The summed E-state index contributed by atoms with van der Waals surface area (Å²) in [7, 11) is 0. The van der Waals surface area contributed by atoms with Crippen molar-refractivity contribution < 1.29 is 0 Å². The Morgan fingerprint density at radius 1 is 1.21 bits per heavy atom. The largest absolute Gasteiger partial charge is 0.340 e. The van der Waals surface area contributed by atoms with Gasteiger partial charge in [-0.2, -0.15) is 0 Å². The lowest BCUT2D eigenvalue weighted by Crippen LogP contribution is -2.26. The molecule has 0 aliphatic carbocycles. The van der Waals surface area contributed by atoms with Crippen molar-refractivity contribution in [1.82, 2.24) is 15.3 Å². The highest BCUT2D eigenvalue weighted by Gasteiger charge is 2.17. The molecule has 0 unspecified atom stereocenters. The standard InChI is InChI=1S/C13H12BrClN4/c14-8-1-3-9(4-2-8)17-12-10-7-16-6-5-11(10)18-13(15)19-12/h1-4,16H,5-7H2,(H,17,18,19). The van der Waals surface area contributed by atoms with Crippen molar-refractivity contribution >= 4 is 39.0 Å². The number of aromatic nitrogens is 2. The van der Waals surface area contributed by atoms with Gasteiger partial charge in [0.1, 0.15) is 5.82 Å². The number of fused-ring (bicyclic) bond motifs is 1. The summed E-state index contributed by atoms with van der Waals surface area (Å²) < 4.78 is 1.04. The summed E-state index contributed by atoms with van der Waals surface area (Å²) in [4.78, 5) is 8.59. The Labute approximate surface area is 124 Å². The first-order valence-corrected chi connectivity index (χ1v) is 7.18. The highest BCUT2D eigenvalue weighted by Crippen LogP contribution is 2.25. The van der Waals surface area contributed by atoms with Crippen LogP contribution < -0.4 is 10.6 Å². The Kier molecular flexibility index (Phi) is 3.68. The van der Waals surface area contributed by atoms with Gasteiger partial charge in [0.2, 0.25) is 5.28 Å². The summed E-state index contributed by atoms with van der Waals surface area (Å²) in [6.45, 7) is 1.70. The van der Waals surface area contributed by atoms with Crippen molar-refractivity contribution in [2.45, 2.75) is 13.0 Å². The molecule has 19 heavy (non-hydrogen) atoms. The van der Waals surface area contributed by atoms with E-state index < -0.39 is 0 Å². The third-order valence-corrected chi connectivity index (χ3v) is 3.71. The number of nitrogens with zero attached hydrogens (tertiary/aromatic N) is 2. The second kappa shape index (κ2) is 5.45. The highest BCUT2D eigenvalue weighted by molar-refractivity contribution is 9.10. The average Bonchev–Trinajstić information content (AvgIpc) is 2.41. The minimum Gasteiger partial charge on any atom is -0.340 e. The predicted octanol–water partition coefficient (Wildman–Crippen LogP) is 3.28. The Morgan fingerprint density at radius 2 is 2.00 bits per heavy atom. The Morgan fingerprint density at radius 3 is 2.79 bits per heavy atom. The topological polar surface area (TPSA) is 49.8 Å². The van der Waals surface area contributed by atoms with Crippen LogP contribution in [-0.4, -0.2) is 16.5 Å². The maximum absolute atomic E-state index is 5.98. The van der Waals surface area contributed by atoms with Crippen LogP contribution >= 0.6 is 27.5 Å². The monoisotopic (exact) mass is 338 g/mol. The fourth-order valence-electron chi connectivity index (χ4n) is 2.09. The van der Waals surface area contributed by atoms with Crippen LogP contribution in [0.25, 0.3) is 0 Å². The fraction of sp³-hybridized carbons (Fsp3) is 0.231. The number of hydrogen-bond acceptors (Lipinski definition) is 4. The quantitative estimate of drug-likeness (QED) is 0.825. The van der Waals surface area contributed by atoms with Crippen LogP contribution in [0.5, 0.6) is 0 Å². The van der Waals surface area contributed by atoms with E-state index in [-0.39, 0.29) is 0 Å². The molecule has 0 amide bonds. The average molecular weight is 340 g/mol. The van der Waals surface area contributed by atoms with Gasteiger partial charge in [-0.3, -0.25) is 0 Å². The van der Waals surface area contributed by atoms with Crippen LogP contribution in [-0.2, 0) is 13.0 Å². The molecule has 0 bridgehead atoms. The molecule has 2 aromatic rings. The Bertz CT molecular complexity index is 600. The maximum Gasteiger partial charge on any atom is 0.224 e. The first kappa shape index (κ1) is 12.8. The molecular weight excluding hydrogens is 328 g/mol. The van der Waals surface area contributed by atoms with E-state index in [1.165, 1.54) is 0 Å². The summed E-state index contributed by atoms with van der Waals surface area (Å²) in [5.41, 5.74) is 3.10. The molecule has 2 N–H and O–H groups in total. The van der Waals surface area contributed by atoms with Gasteiger partial charge in [-0.05, 0) is 35.9 Å². The van der Waals surface area contributed by atoms with Crippen molar-refractivity contribution in [3.8, 4) is 0 Å². The summed E-state index contributed by atoms with van der Waals surface area (Å²) in [6.07, 6.45) is 0.882. The summed E-state index contributed by atoms with van der Waals surface area (Å²) in [5.74, 6) is 0.782. The zero-order valence-electron chi connectivity index (χ0n) is 10.1. The lowest BCUT2D eigenvalue weighted by atomic mass is 10.1. The van der Waals surface area contributed by atoms with E-state index in [1.54, 1.807) is 0 Å². The molecule has 0 saturated heterocycles. The minimum atomic E-state index is 0.292. The lowest BCUT2D eigenvalue weighted by molar-refractivity contribution is 0.628. The molecule has 0 radical (unpaired) electrons. The molecule has 1 aliphatic heterocycles. The molecule has 0 fully saturated rings. The minimum absolute atomic E-state index is 0.292.